The van der Waals surface area contributed by atoms with Crippen LogP contribution in [0.2, 0.25) is 15.1 Å². The van der Waals surface area contributed by atoms with E-state index in [0.29, 0.717) is 5.75 Å². The molecule has 0 fully saturated rings. The lowest BCUT2D eigenvalue weighted by Crippen LogP contribution is -2.26. The molecule has 0 unspecified atom stereocenters. The number of nitrogens with zero attached hydrogens (tertiary/aromatic N) is 1. The third-order valence-corrected chi connectivity index (χ3v) is 4.17. The number of benzene rings is 2. The molecule has 0 bridgehead atoms. The molecule has 2 rings (SSSR count). The molecule has 0 aliphatic rings. The Morgan fingerprint density at radius 2 is 1.78 bits per heavy atom. The van der Waals surface area contributed by atoms with E-state index in [1.54, 1.807) is 6.07 Å². The zero-order valence-electron chi connectivity index (χ0n) is 12.4. The van der Waals surface area contributed by atoms with Crippen LogP contribution in [0.15, 0.2) is 30.3 Å². The monoisotopic (exact) mass is 375 g/mol. The Hall–Kier alpha value is -1.49. The van der Waals surface area contributed by atoms with Gasteiger partial charge in [-0.25, -0.2) is 4.39 Å². The first kappa shape index (κ1) is 17.9. The highest BCUT2D eigenvalue weighted by Crippen LogP contribution is 2.34. The Morgan fingerprint density at radius 1 is 1.17 bits per heavy atom. The lowest BCUT2D eigenvalue weighted by atomic mass is 10.1. The smallest absolute Gasteiger partial charge is 0.254 e. The van der Waals surface area contributed by atoms with E-state index in [-0.39, 0.29) is 38.6 Å². The molecule has 0 atom stereocenters. The number of carbonyl (C=O) groups excluding carboxylic acids is 1. The van der Waals surface area contributed by atoms with Crippen LogP contribution >= 0.6 is 34.8 Å². The van der Waals surface area contributed by atoms with Crippen LogP contribution in [0, 0.1) is 5.82 Å². The summed E-state index contributed by atoms with van der Waals surface area (Å²) >= 11 is 18.0. The fourth-order valence-electron chi connectivity index (χ4n) is 2.09. The first-order valence-corrected chi connectivity index (χ1v) is 7.70. The summed E-state index contributed by atoms with van der Waals surface area (Å²) in [5.74, 6) is -0.539. The third kappa shape index (κ3) is 3.89. The quantitative estimate of drug-likeness (QED) is 0.746. The molecule has 122 valence electrons. The summed E-state index contributed by atoms with van der Waals surface area (Å²) in [6.07, 6.45) is 0. The van der Waals surface area contributed by atoms with Crippen molar-refractivity contribution in [1.82, 2.24) is 4.90 Å². The normalized spacial score (nSPS) is 10.5. The average molecular weight is 377 g/mol. The molecule has 3 nitrogen and oxygen atoms in total. The van der Waals surface area contributed by atoms with Gasteiger partial charge >= 0.3 is 0 Å². The molecule has 0 N–H and O–H groups in total. The molecule has 0 spiro atoms. The number of ether oxygens (including phenoxy) is 1. The summed E-state index contributed by atoms with van der Waals surface area (Å²) in [4.78, 5) is 13.8. The highest BCUT2D eigenvalue weighted by molar-refractivity contribution is 6.37. The second-order valence-electron chi connectivity index (χ2n) is 4.83. The van der Waals surface area contributed by atoms with E-state index in [4.69, 9.17) is 39.5 Å². The van der Waals surface area contributed by atoms with Gasteiger partial charge in [-0.05, 0) is 24.3 Å². The lowest BCUT2D eigenvalue weighted by Gasteiger charge is -2.19. The van der Waals surface area contributed by atoms with Crippen molar-refractivity contribution in [1.29, 1.82) is 0 Å². The van der Waals surface area contributed by atoms with Crippen molar-refractivity contribution in [3.05, 3.63) is 62.3 Å². The van der Waals surface area contributed by atoms with Crippen LogP contribution in [0.3, 0.4) is 0 Å². The molecule has 7 heteroatoms. The van der Waals surface area contributed by atoms with Gasteiger partial charge in [0.15, 0.2) is 5.75 Å². The fourth-order valence-corrected chi connectivity index (χ4v) is 2.96. The molecule has 0 aliphatic heterocycles. The summed E-state index contributed by atoms with van der Waals surface area (Å²) in [6, 6.07) is 7.27. The third-order valence-electron chi connectivity index (χ3n) is 3.25. The summed E-state index contributed by atoms with van der Waals surface area (Å²) < 4.78 is 18.9. The van der Waals surface area contributed by atoms with Crippen LogP contribution < -0.4 is 4.74 Å². The molecule has 0 heterocycles. The van der Waals surface area contributed by atoms with Gasteiger partial charge in [0.2, 0.25) is 0 Å². The van der Waals surface area contributed by atoms with Gasteiger partial charge in [0.05, 0.1) is 17.2 Å². The summed E-state index contributed by atoms with van der Waals surface area (Å²) in [5, 5.41) is 0.705. The number of carbonyl (C=O) groups is 1. The molecule has 0 saturated heterocycles. The van der Waals surface area contributed by atoms with Gasteiger partial charge in [-0.1, -0.05) is 40.9 Å². The maximum absolute atomic E-state index is 13.8. The molecule has 2 aromatic carbocycles. The van der Waals surface area contributed by atoms with Crippen molar-refractivity contribution >= 4 is 40.7 Å². The highest BCUT2D eigenvalue weighted by Gasteiger charge is 2.19. The van der Waals surface area contributed by atoms with E-state index in [9.17, 15) is 9.18 Å². The maximum Gasteiger partial charge on any atom is 0.254 e. The van der Waals surface area contributed by atoms with Crippen molar-refractivity contribution < 1.29 is 13.9 Å². The van der Waals surface area contributed by atoms with Crippen LogP contribution in [-0.4, -0.2) is 25.0 Å². The Bertz CT molecular complexity index is 709. The summed E-state index contributed by atoms with van der Waals surface area (Å²) in [7, 11) is 2.97. The van der Waals surface area contributed by atoms with Gasteiger partial charge in [0.1, 0.15) is 5.82 Å². The molecule has 0 saturated carbocycles. The molecule has 0 aromatic heterocycles. The van der Waals surface area contributed by atoms with Gasteiger partial charge in [0, 0.05) is 29.7 Å². The van der Waals surface area contributed by atoms with Crippen LogP contribution in [0.25, 0.3) is 0 Å². The zero-order chi connectivity index (χ0) is 17.1. The number of halogens is 4. The topological polar surface area (TPSA) is 29.5 Å². The maximum atomic E-state index is 13.8. The van der Waals surface area contributed by atoms with E-state index < -0.39 is 5.82 Å². The van der Waals surface area contributed by atoms with Gasteiger partial charge in [-0.3, -0.25) is 4.79 Å². The number of methoxy groups -OCH3 is 1. The predicted octanol–water partition coefficient (Wildman–Crippen LogP) is 5.07. The van der Waals surface area contributed by atoms with Crippen LogP contribution in [0.4, 0.5) is 4.39 Å². The minimum Gasteiger partial charge on any atom is -0.494 e. The number of hydrogen-bond donors (Lipinski definition) is 0. The van der Waals surface area contributed by atoms with Gasteiger partial charge in [0.25, 0.3) is 5.91 Å². The van der Waals surface area contributed by atoms with Crippen molar-refractivity contribution in [2.45, 2.75) is 6.54 Å². The molecular formula is C16H13Cl3FNO2. The van der Waals surface area contributed by atoms with Crippen LogP contribution in [-0.2, 0) is 6.54 Å². The Kier molecular flexibility index (Phi) is 5.74. The largest absolute Gasteiger partial charge is 0.494 e. The van der Waals surface area contributed by atoms with Gasteiger partial charge in [-0.2, -0.15) is 0 Å². The number of rotatable bonds is 4. The van der Waals surface area contributed by atoms with Crippen LogP contribution in [0.1, 0.15) is 15.9 Å². The zero-order valence-corrected chi connectivity index (χ0v) is 14.6. The second kappa shape index (κ2) is 7.39. The van der Waals surface area contributed by atoms with E-state index in [1.807, 2.05) is 0 Å². The standard InChI is InChI=1S/C16H13Cl3FNO2/c1-21(8-10-11(17)4-3-5-14(10)20)16(22)9-6-12(18)15(23-2)13(19)7-9/h3-7H,8H2,1-2H3. The average Bonchev–Trinajstić information content (AvgIpc) is 2.49. The highest BCUT2D eigenvalue weighted by atomic mass is 35.5. The summed E-state index contributed by atoms with van der Waals surface area (Å²) in [5.41, 5.74) is 0.520. The SMILES string of the molecule is COc1c(Cl)cc(C(=O)N(C)Cc2c(F)cccc2Cl)cc1Cl. The van der Waals surface area contributed by atoms with E-state index >= 15 is 0 Å². The Labute approximate surface area is 148 Å². The lowest BCUT2D eigenvalue weighted by molar-refractivity contribution is 0.0784. The van der Waals surface area contributed by atoms with Gasteiger partial charge in [-0.15, -0.1) is 0 Å². The molecule has 0 radical (unpaired) electrons. The van der Waals surface area contributed by atoms with Gasteiger partial charge < -0.3 is 9.64 Å². The first-order chi connectivity index (χ1) is 10.8. The fraction of sp³-hybridized carbons (Fsp3) is 0.188. The van der Waals surface area contributed by atoms with Crippen LogP contribution in [0.5, 0.6) is 5.75 Å². The first-order valence-electron chi connectivity index (χ1n) is 6.56. The predicted molar refractivity (Wildman–Crippen MR) is 90.2 cm³/mol. The van der Waals surface area contributed by atoms with Crippen molar-refractivity contribution in [2.75, 3.05) is 14.2 Å². The van der Waals surface area contributed by atoms with Crippen molar-refractivity contribution in [3.8, 4) is 5.75 Å². The summed E-state index contributed by atoms with van der Waals surface area (Å²) in [6.45, 7) is 0.0195. The molecule has 2 aromatic rings. The minimum atomic E-state index is -0.469. The van der Waals surface area contributed by atoms with E-state index in [2.05, 4.69) is 0 Å². The van der Waals surface area contributed by atoms with Crippen molar-refractivity contribution in [3.63, 3.8) is 0 Å². The Morgan fingerprint density at radius 3 is 2.30 bits per heavy atom. The molecular weight excluding hydrogens is 364 g/mol. The van der Waals surface area contributed by atoms with E-state index in [0.717, 1.165) is 0 Å². The molecule has 0 aliphatic carbocycles. The molecule has 23 heavy (non-hydrogen) atoms. The molecule has 1 amide bonds. The number of amides is 1. The Balaban J connectivity index is 2.27. The number of hydrogen-bond acceptors (Lipinski definition) is 2. The second-order valence-corrected chi connectivity index (χ2v) is 6.06. The minimum absolute atomic E-state index is 0.0195. The van der Waals surface area contributed by atoms with E-state index in [1.165, 1.54) is 43.3 Å². The van der Waals surface area contributed by atoms with Crippen molar-refractivity contribution in [2.24, 2.45) is 0 Å².